The number of amides is 1. The third-order valence-electron chi connectivity index (χ3n) is 4.82. The molecular formula is C22H22N4O3S. The number of hydrogen-bond acceptors (Lipinski definition) is 5. The van der Waals surface area contributed by atoms with Crippen molar-refractivity contribution in [3.8, 4) is 0 Å². The van der Waals surface area contributed by atoms with E-state index in [4.69, 9.17) is 0 Å². The van der Waals surface area contributed by atoms with Crippen molar-refractivity contribution in [3.05, 3.63) is 77.0 Å². The second-order valence-corrected chi connectivity index (χ2v) is 8.97. The number of fused-ring (bicyclic) bond motifs is 1. The zero-order valence-corrected chi connectivity index (χ0v) is 17.5. The Hall–Kier alpha value is -3.39. The molecule has 0 atom stereocenters. The van der Waals surface area contributed by atoms with E-state index in [1.54, 1.807) is 18.2 Å². The van der Waals surface area contributed by atoms with Crippen LogP contribution < -0.4 is 15.5 Å². The number of carbonyl (C=O) groups is 1. The molecule has 2 aromatic rings. The smallest absolute Gasteiger partial charge is 0.275 e. The summed E-state index contributed by atoms with van der Waals surface area (Å²) in [4.78, 5) is 12.5. The van der Waals surface area contributed by atoms with Crippen LogP contribution in [0.15, 0.2) is 71.0 Å². The highest BCUT2D eigenvalue weighted by Gasteiger charge is 2.28. The maximum Gasteiger partial charge on any atom is 0.275 e. The van der Waals surface area contributed by atoms with Crippen LogP contribution in [0.25, 0.3) is 5.57 Å². The lowest BCUT2D eigenvalue weighted by Crippen LogP contribution is -2.20. The maximum absolute atomic E-state index is 12.5. The number of allylic oxidation sites excluding steroid dienone is 1. The fraction of sp³-hybridized carbons (Fsp3) is 0.182. The van der Waals surface area contributed by atoms with Gasteiger partial charge in [-0.3, -0.25) is 9.52 Å². The molecular weight excluding hydrogens is 400 g/mol. The number of nitrogens with zero attached hydrogens (tertiary/aromatic N) is 1. The second kappa shape index (κ2) is 7.79. The van der Waals surface area contributed by atoms with E-state index in [2.05, 4.69) is 20.6 Å². The number of hydrazone groups is 1. The lowest BCUT2D eigenvalue weighted by Gasteiger charge is -2.23. The first-order chi connectivity index (χ1) is 14.4. The normalized spacial score (nSPS) is 18.1. The highest BCUT2D eigenvalue weighted by molar-refractivity contribution is 7.92. The average molecular weight is 423 g/mol. The molecule has 0 spiro atoms. The topological polar surface area (TPSA) is 99.7 Å². The molecule has 0 aliphatic carbocycles. The summed E-state index contributed by atoms with van der Waals surface area (Å²) < 4.78 is 25.8. The van der Waals surface area contributed by atoms with Gasteiger partial charge in [0.05, 0.1) is 23.2 Å². The van der Waals surface area contributed by atoms with Crippen LogP contribution in [0.2, 0.25) is 0 Å². The third kappa shape index (κ3) is 3.99. The van der Waals surface area contributed by atoms with Crippen LogP contribution in [0.5, 0.6) is 0 Å². The van der Waals surface area contributed by atoms with Crippen LogP contribution in [-0.2, 0) is 14.8 Å². The summed E-state index contributed by atoms with van der Waals surface area (Å²) in [6, 6.07) is 15.0. The minimum Gasteiger partial charge on any atom is -0.354 e. The Bertz CT molecular complexity index is 1230. The predicted octanol–water partition coefficient (Wildman–Crippen LogP) is 3.46. The Kier molecular flexibility index (Phi) is 5.17. The fourth-order valence-electron chi connectivity index (χ4n) is 3.62. The predicted molar refractivity (Wildman–Crippen MR) is 120 cm³/mol. The molecule has 2 aromatic carbocycles. The van der Waals surface area contributed by atoms with E-state index in [0.717, 1.165) is 40.8 Å². The maximum atomic E-state index is 12.5. The highest BCUT2D eigenvalue weighted by Crippen LogP contribution is 2.37. The van der Waals surface area contributed by atoms with Gasteiger partial charge >= 0.3 is 0 Å². The Morgan fingerprint density at radius 1 is 1.10 bits per heavy atom. The molecule has 0 saturated heterocycles. The van der Waals surface area contributed by atoms with Crippen molar-refractivity contribution in [2.75, 3.05) is 16.3 Å². The summed E-state index contributed by atoms with van der Waals surface area (Å²) in [7, 11) is -3.39. The van der Waals surface area contributed by atoms with Gasteiger partial charge in [-0.2, -0.15) is 5.10 Å². The zero-order chi connectivity index (χ0) is 21.3. The molecule has 1 amide bonds. The fourth-order valence-corrected chi connectivity index (χ4v) is 4.18. The number of benzene rings is 2. The van der Waals surface area contributed by atoms with Crippen molar-refractivity contribution in [1.82, 2.24) is 5.43 Å². The van der Waals surface area contributed by atoms with Gasteiger partial charge in [-0.05, 0) is 41.8 Å². The largest absolute Gasteiger partial charge is 0.354 e. The first-order valence-corrected chi connectivity index (χ1v) is 11.5. The van der Waals surface area contributed by atoms with Gasteiger partial charge in [0, 0.05) is 16.9 Å². The number of anilines is 2. The van der Waals surface area contributed by atoms with Gasteiger partial charge in [0.15, 0.2) is 0 Å². The Balaban J connectivity index is 1.87. The molecule has 0 fully saturated rings. The summed E-state index contributed by atoms with van der Waals surface area (Å²) in [5, 5.41) is 7.54. The lowest BCUT2D eigenvalue weighted by molar-refractivity contribution is -0.116. The molecule has 0 saturated carbocycles. The molecule has 154 valence electrons. The molecule has 0 bridgehead atoms. The van der Waals surface area contributed by atoms with Crippen molar-refractivity contribution in [2.45, 2.75) is 19.8 Å². The van der Waals surface area contributed by atoms with Crippen molar-refractivity contribution < 1.29 is 13.2 Å². The molecule has 3 N–H and O–H groups in total. The molecule has 7 nitrogen and oxygen atoms in total. The van der Waals surface area contributed by atoms with Gasteiger partial charge in [0.2, 0.25) is 10.0 Å². The Morgan fingerprint density at radius 3 is 2.67 bits per heavy atom. The van der Waals surface area contributed by atoms with Gasteiger partial charge < -0.3 is 5.32 Å². The summed E-state index contributed by atoms with van der Waals surface area (Å²) in [6.07, 6.45) is 4.61. The van der Waals surface area contributed by atoms with Crippen LogP contribution in [0.3, 0.4) is 0 Å². The lowest BCUT2D eigenvalue weighted by atomic mass is 9.90. The zero-order valence-electron chi connectivity index (χ0n) is 16.7. The summed E-state index contributed by atoms with van der Waals surface area (Å²) >= 11 is 0. The monoisotopic (exact) mass is 422 g/mol. The molecule has 0 radical (unpaired) electrons. The molecule has 8 heteroatoms. The molecule has 4 rings (SSSR count). The van der Waals surface area contributed by atoms with Crippen molar-refractivity contribution in [1.29, 1.82) is 0 Å². The molecule has 2 heterocycles. The van der Waals surface area contributed by atoms with Gasteiger partial charge in [0.1, 0.15) is 0 Å². The van der Waals surface area contributed by atoms with Crippen LogP contribution >= 0.6 is 0 Å². The second-order valence-electron chi connectivity index (χ2n) is 7.22. The van der Waals surface area contributed by atoms with E-state index in [0.29, 0.717) is 23.4 Å². The van der Waals surface area contributed by atoms with Crippen molar-refractivity contribution in [3.63, 3.8) is 0 Å². The van der Waals surface area contributed by atoms with Crippen LogP contribution in [0.4, 0.5) is 11.4 Å². The van der Waals surface area contributed by atoms with Gasteiger partial charge in [-0.15, -0.1) is 0 Å². The first kappa shape index (κ1) is 19.9. The van der Waals surface area contributed by atoms with E-state index >= 15 is 0 Å². The van der Waals surface area contributed by atoms with Crippen LogP contribution in [-0.4, -0.2) is 26.3 Å². The standard InChI is InChI=1S/C22H22N4O3S/c1-3-7-19-21(22(27)25-24-19)20-13-17(16-10-4-5-11-18(16)23-20)14-8-6-9-15(12-14)26-30(2,28)29/h4-6,8-13,23,26H,3,7H2,1-2H3,(H,25,27)/b21-20-. The number of hydrogen-bond donors (Lipinski definition) is 3. The first-order valence-electron chi connectivity index (χ1n) is 9.63. The average Bonchev–Trinajstić information content (AvgIpc) is 3.06. The molecule has 30 heavy (non-hydrogen) atoms. The molecule has 2 aliphatic heterocycles. The van der Waals surface area contributed by atoms with E-state index in [-0.39, 0.29) is 5.91 Å². The number of sulfonamides is 1. The van der Waals surface area contributed by atoms with E-state index in [1.807, 2.05) is 43.3 Å². The quantitative estimate of drug-likeness (QED) is 0.643. The number of carbonyl (C=O) groups excluding carboxylic acids is 1. The van der Waals surface area contributed by atoms with Crippen LogP contribution in [0.1, 0.15) is 30.9 Å². The molecule has 0 unspecified atom stereocenters. The van der Waals surface area contributed by atoms with Crippen molar-refractivity contribution >= 4 is 38.6 Å². The van der Waals surface area contributed by atoms with Gasteiger partial charge in [-0.25, -0.2) is 13.8 Å². The SMILES string of the molecule is CCCC1=NNC(=O)/C1=C1/C=C(c2cccc(NS(C)(=O)=O)c2)c2ccccc2N1. The minimum absolute atomic E-state index is 0.233. The van der Waals surface area contributed by atoms with Crippen LogP contribution in [0, 0.1) is 0 Å². The van der Waals surface area contributed by atoms with Gasteiger partial charge in [-0.1, -0.05) is 43.7 Å². The Morgan fingerprint density at radius 2 is 1.90 bits per heavy atom. The summed E-state index contributed by atoms with van der Waals surface area (Å²) in [6.45, 7) is 2.04. The van der Waals surface area contributed by atoms with E-state index in [1.165, 1.54) is 0 Å². The summed E-state index contributed by atoms with van der Waals surface area (Å²) in [5.74, 6) is -0.233. The number of nitrogens with one attached hydrogen (secondary N) is 3. The number of rotatable bonds is 5. The minimum atomic E-state index is -3.39. The van der Waals surface area contributed by atoms with E-state index in [9.17, 15) is 13.2 Å². The highest BCUT2D eigenvalue weighted by atomic mass is 32.2. The van der Waals surface area contributed by atoms with E-state index < -0.39 is 10.0 Å². The molecule has 0 aromatic heterocycles. The Labute approximate surface area is 175 Å². The van der Waals surface area contributed by atoms with Gasteiger partial charge in [0.25, 0.3) is 5.91 Å². The van der Waals surface area contributed by atoms with Crippen molar-refractivity contribution in [2.24, 2.45) is 5.10 Å². The summed E-state index contributed by atoms with van der Waals surface area (Å²) in [5.41, 5.74) is 8.54. The number of para-hydroxylation sites is 1. The third-order valence-corrected chi connectivity index (χ3v) is 5.42. The molecule has 2 aliphatic rings.